The van der Waals surface area contributed by atoms with Crippen molar-refractivity contribution in [3.63, 3.8) is 0 Å². The molecule has 58 heavy (non-hydrogen) atoms. The summed E-state index contributed by atoms with van der Waals surface area (Å²) in [6, 6.07) is 30.6. The zero-order valence-electron chi connectivity index (χ0n) is 38.1. The van der Waals surface area contributed by atoms with Gasteiger partial charge in [0.25, 0.3) is 6.71 Å². The highest BCUT2D eigenvalue weighted by Crippen LogP contribution is 2.48. The van der Waals surface area contributed by atoms with Crippen LogP contribution >= 0.6 is 0 Å². The van der Waals surface area contributed by atoms with E-state index in [2.05, 4.69) is 173 Å². The Morgan fingerprint density at radius 3 is 1.00 bits per heavy atom. The van der Waals surface area contributed by atoms with Crippen LogP contribution in [0.1, 0.15) is 159 Å². The fourth-order valence-corrected chi connectivity index (χ4v) is 10.4. The minimum atomic E-state index is 0.0106. The molecule has 3 heteroatoms. The maximum absolute atomic E-state index is 2.70. The lowest BCUT2D eigenvalue weighted by Crippen LogP contribution is -2.61. The monoisotopic (exact) mass is 767 g/mol. The van der Waals surface area contributed by atoms with Crippen molar-refractivity contribution < 1.29 is 0 Å². The second-order valence-corrected chi connectivity index (χ2v) is 22.6. The maximum atomic E-state index is 2.70. The van der Waals surface area contributed by atoms with Crippen molar-refractivity contribution in [1.29, 1.82) is 0 Å². The minimum absolute atomic E-state index is 0.0106. The van der Waals surface area contributed by atoms with E-state index in [1.54, 1.807) is 22.3 Å². The summed E-state index contributed by atoms with van der Waals surface area (Å²) in [4.78, 5) is 5.40. The van der Waals surface area contributed by atoms with Crippen LogP contribution in [0.3, 0.4) is 0 Å². The molecule has 0 amide bonds. The number of fused-ring (bicyclic) bond motifs is 6. The van der Waals surface area contributed by atoms with E-state index in [4.69, 9.17) is 0 Å². The molecular weight excluding hydrogens is 699 g/mol. The molecule has 2 aliphatic carbocycles. The fraction of sp³-hybridized carbons (Fsp3) is 0.455. The van der Waals surface area contributed by atoms with E-state index in [0.29, 0.717) is 0 Å². The molecule has 5 aromatic carbocycles. The van der Waals surface area contributed by atoms with Gasteiger partial charge in [0.05, 0.1) is 0 Å². The van der Waals surface area contributed by atoms with Gasteiger partial charge in [-0.25, -0.2) is 0 Å². The predicted octanol–water partition coefficient (Wildman–Crippen LogP) is 13.0. The summed E-state index contributed by atoms with van der Waals surface area (Å²) in [6.07, 6.45) is 9.79. The summed E-state index contributed by atoms with van der Waals surface area (Å²) in [5, 5.41) is 0. The molecule has 9 rings (SSSR count). The van der Waals surface area contributed by atoms with Crippen LogP contribution in [0.4, 0.5) is 34.1 Å². The van der Waals surface area contributed by atoms with Crippen LogP contribution in [0, 0.1) is 6.92 Å². The summed E-state index contributed by atoms with van der Waals surface area (Å²) in [5.41, 5.74) is 25.6. The average Bonchev–Trinajstić information content (AvgIpc) is 3.14. The van der Waals surface area contributed by atoms with Gasteiger partial charge in [0.15, 0.2) is 0 Å². The molecule has 0 atom stereocenters. The van der Waals surface area contributed by atoms with E-state index in [0.717, 1.165) is 0 Å². The van der Waals surface area contributed by atoms with Crippen LogP contribution in [0.25, 0.3) is 0 Å². The third kappa shape index (κ3) is 6.64. The summed E-state index contributed by atoms with van der Waals surface area (Å²) in [6.45, 7) is 30.9. The van der Waals surface area contributed by atoms with Gasteiger partial charge < -0.3 is 9.80 Å². The van der Waals surface area contributed by atoms with Crippen molar-refractivity contribution in [3.05, 3.63) is 123 Å². The topological polar surface area (TPSA) is 6.48 Å². The quantitative estimate of drug-likeness (QED) is 0.162. The van der Waals surface area contributed by atoms with E-state index < -0.39 is 0 Å². The zero-order valence-corrected chi connectivity index (χ0v) is 38.1. The SMILES string of the molecule is Cc1cc2c3c(c1)N(c1cc(C(C)(C)C)cc(C(C)(C)C)c1)c1cc4c(cc1B3c1cc3c(cc1N2c1cc(C(C)(C)C)cc(C(C)(C)C)c1)CCCC3)CCCC4. The Morgan fingerprint density at radius 1 is 0.379 bits per heavy atom. The summed E-state index contributed by atoms with van der Waals surface area (Å²) < 4.78 is 0. The highest BCUT2D eigenvalue weighted by atomic mass is 15.2. The molecule has 0 radical (unpaired) electrons. The molecule has 4 aliphatic rings. The van der Waals surface area contributed by atoms with Crippen molar-refractivity contribution >= 4 is 57.2 Å². The number of aryl methyl sites for hydroxylation is 5. The smallest absolute Gasteiger partial charge is 0.252 e. The fourth-order valence-electron chi connectivity index (χ4n) is 10.4. The van der Waals surface area contributed by atoms with Crippen LogP contribution in [-0.2, 0) is 47.3 Å². The highest BCUT2D eigenvalue weighted by Gasteiger charge is 2.45. The van der Waals surface area contributed by atoms with E-state index in [1.165, 1.54) is 130 Å². The van der Waals surface area contributed by atoms with Crippen molar-refractivity contribution in [2.45, 2.75) is 163 Å². The van der Waals surface area contributed by atoms with Gasteiger partial charge in [0.1, 0.15) is 0 Å². The zero-order chi connectivity index (χ0) is 41.3. The molecule has 0 N–H and O–H groups in total. The number of rotatable bonds is 2. The van der Waals surface area contributed by atoms with Crippen LogP contribution in [0.15, 0.2) is 72.8 Å². The Kier molecular flexibility index (Phi) is 9.06. The Bertz CT molecular complexity index is 2240. The Labute approximate surface area is 351 Å². The molecule has 2 aliphatic heterocycles. The molecule has 0 unspecified atom stereocenters. The number of benzene rings is 5. The van der Waals surface area contributed by atoms with Gasteiger partial charge in [-0.05, 0) is 195 Å². The number of anilines is 6. The van der Waals surface area contributed by atoms with Gasteiger partial charge in [-0.15, -0.1) is 0 Å². The number of hydrogen-bond donors (Lipinski definition) is 0. The van der Waals surface area contributed by atoms with Gasteiger partial charge in [0, 0.05) is 34.1 Å². The van der Waals surface area contributed by atoms with Crippen LogP contribution in [0.2, 0.25) is 0 Å². The third-order valence-corrected chi connectivity index (χ3v) is 14.0. The normalized spacial score (nSPS) is 16.4. The lowest BCUT2D eigenvalue weighted by Gasteiger charge is -2.46. The van der Waals surface area contributed by atoms with Gasteiger partial charge in [-0.3, -0.25) is 0 Å². The predicted molar refractivity (Wildman–Crippen MR) is 253 cm³/mol. The van der Waals surface area contributed by atoms with Crippen LogP contribution < -0.4 is 26.2 Å². The maximum Gasteiger partial charge on any atom is 0.252 e. The van der Waals surface area contributed by atoms with Crippen molar-refractivity contribution in [1.82, 2.24) is 0 Å². The largest absolute Gasteiger partial charge is 0.311 e. The molecule has 300 valence electrons. The molecule has 5 aromatic rings. The standard InChI is InChI=1S/C55H67BN2/c1-34-22-49-51-50(23-34)58(44-32-41(54(8,9)10)29-42(33-44)55(11,12)13)48-27-38-21-17-15-19-36(38)25-46(48)56(51)45-24-35-18-14-16-20-37(35)26-47(45)57(49)43-30-39(52(2,3)4)28-40(31-43)53(5,6)7/h22-33H,14-21H2,1-13H3. The third-order valence-electron chi connectivity index (χ3n) is 14.0. The van der Waals surface area contributed by atoms with Crippen LogP contribution in [0.5, 0.6) is 0 Å². The van der Waals surface area contributed by atoms with Gasteiger partial charge in [-0.2, -0.15) is 0 Å². The van der Waals surface area contributed by atoms with E-state index in [9.17, 15) is 0 Å². The van der Waals surface area contributed by atoms with Crippen molar-refractivity contribution in [3.8, 4) is 0 Å². The molecule has 0 fully saturated rings. The van der Waals surface area contributed by atoms with Gasteiger partial charge in [-0.1, -0.05) is 107 Å². The minimum Gasteiger partial charge on any atom is -0.311 e. The first-order valence-corrected chi connectivity index (χ1v) is 22.6. The molecule has 0 bridgehead atoms. The molecule has 2 nitrogen and oxygen atoms in total. The second kappa shape index (κ2) is 13.4. The van der Waals surface area contributed by atoms with Crippen LogP contribution in [-0.4, -0.2) is 6.71 Å². The molecular formula is C55H67BN2. The highest BCUT2D eigenvalue weighted by molar-refractivity contribution is 7.00. The summed E-state index contributed by atoms with van der Waals surface area (Å²) >= 11 is 0. The molecule has 0 aromatic heterocycles. The van der Waals surface area contributed by atoms with Crippen molar-refractivity contribution in [2.75, 3.05) is 9.80 Å². The van der Waals surface area contributed by atoms with E-state index >= 15 is 0 Å². The average molecular weight is 767 g/mol. The van der Waals surface area contributed by atoms with E-state index in [1.807, 2.05) is 0 Å². The van der Waals surface area contributed by atoms with Crippen molar-refractivity contribution in [2.24, 2.45) is 0 Å². The second-order valence-electron chi connectivity index (χ2n) is 22.6. The first-order valence-electron chi connectivity index (χ1n) is 22.6. The molecule has 0 saturated carbocycles. The van der Waals surface area contributed by atoms with E-state index in [-0.39, 0.29) is 28.4 Å². The lowest BCUT2D eigenvalue weighted by molar-refractivity contribution is 0.568. The first kappa shape index (κ1) is 39.2. The lowest BCUT2D eigenvalue weighted by atomic mass is 9.33. The van der Waals surface area contributed by atoms with Gasteiger partial charge >= 0.3 is 0 Å². The summed E-state index contributed by atoms with van der Waals surface area (Å²) in [7, 11) is 0. The molecule has 0 saturated heterocycles. The summed E-state index contributed by atoms with van der Waals surface area (Å²) in [5.74, 6) is 0. The molecule has 0 spiro atoms. The molecule has 2 heterocycles. The number of nitrogens with zero attached hydrogens (tertiary/aromatic N) is 2. The van der Waals surface area contributed by atoms with Gasteiger partial charge in [0.2, 0.25) is 0 Å². The number of hydrogen-bond acceptors (Lipinski definition) is 2. The Hall–Kier alpha value is -4.24. The Morgan fingerprint density at radius 2 is 0.690 bits per heavy atom. The Balaban J connectivity index is 1.41. The first-order chi connectivity index (χ1) is 27.2.